The molecule has 0 bridgehead atoms. The summed E-state index contributed by atoms with van der Waals surface area (Å²) in [6.07, 6.45) is 1.61. The Morgan fingerprint density at radius 3 is 2.22 bits per heavy atom. The summed E-state index contributed by atoms with van der Waals surface area (Å²) in [5.74, 6) is 0.566. The van der Waals surface area contributed by atoms with Crippen LogP contribution in [0.15, 0.2) is 65.8 Å². The maximum absolute atomic E-state index is 12.3. The van der Waals surface area contributed by atoms with Crippen molar-refractivity contribution in [2.75, 3.05) is 6.61 Å². The first-order valence-corrected chi connectivity index (χ1v) is 8.90. The lowest BCUT2D eigenvalue weighted by atomic mass is 10.2. The standard InChI is InChI=1S/C22H23N3O2/c1-4-27-21-13-7-18(8-14-21)15-23-24-22(26)19-9-11-20(12-10-19)25-16(2)5-6-17(25)3/h5-15H,4H2,1-3H3,(H,24,26)/b23-15-. The highest BCUT2D eigenvalue weighted by molar-refractivity contribution is 5.95. The van der Waals surface area contributed by atoms with Crippen LogP contribution in [-0.2, 0) is 0 Å². The molecular formula is C22H23N3O2. The molecule has 1 aromatic heterocycles. The molecule has 0 unspecified atom stereocenters. The van der Waals surface area contributed by atoms with Gasteiger partial charge in [-0.25, -0.2) is 5.43 Å². The summed E-state index contributed by atoms with van der Waals surface area (Å²) in [5.41, 5.74) is 7.35. The molecule has 1 N–H and O–H groups in total. The van der Waals surface area contributed by atoms with Gasteiger partial charge in [-0.05, 0) is 87.0 Å². The van der Waals surface area contributed by atoms with Crippen molar-refractivity contribution >= 4 is 12.1 Å². The van der Waals surface area contributed by atoms with Gasteiger partial charge in [0.25, 0.3) is 5.91 Å². The van der Waals surface area contributed by atoms with E-state index in [1.165, 1.54) is 0 Å². The van der Waals surface area contributed by atoms with Crippen molar-refractivity contribution in [3.8, 4) is 11.4 Å². The largest absolute Gasteiger partial charge is 0.494 e. The van der Waals surface area contributed by atoms with Crippen molar-refractivity contribution in [1.82, 2.24) is 9.99 Å². The predicted octanol–water partition coefficient (Wildman–Crippen LogP) is 4.26. The number of ether oxygens (including phenoxy) is 1. The van der Waals surface area contributed by atoms with E-state index in [1.807, 2.05) is 43.3 Å². The molecule has 0 radical (unpaired) electrons. The van der Waals surface area contributed by atoms with Crippen LogP contribution in [0.2, 0.25) is 0 Å². The van der Waals surface area contributed by atoms with Gasteiger partial charge >= 0.3 is 0 Å². The van der Waals surface area contributed by atoms with E-state index in [2.05, 4.69) is 41.1 Å². The Morgan fingerprint density at radius 2 is 1.63 bits per heavy atom. The quantitative estimate of drug-likeness (QED) is 0.527. The molecule has 0 aliphatic heterocycles. The van der Waals surface area contributed by atoms with Gasteiger partial charge in [-0.1, -0.05) is 0 Å². The summed E-state index contributed by atoms with van der Waals surface area (Å²) in [7, 11) is 0. The van der Waals surface area contributed by atoms with E-state index in [9.17, 15) is 4.79 Å². The fourth-order valence-corrected chi connectivity index (χ4v) is 2.88. The SMILES string of the molecule is CCOc1ccc(/C=N\NC(=O)c2ccc(-n3c(C)ccc3C)cc2)cc1. The molecule has 5 heteroatoms. The van der Waals surface area contributed by atoms with Crippen molar-refractivity contribution in [3.63, 3.8) is 0 Å². The van der Waals surface area contributed by atoms with Gasteiger partial charge in [0.1, 0.15) is 5.75 Å². The number of nitrogens with zero attached hydrogens (tertiary/aromatic N) is 2. The van der Waals surface area contributed by atoms with Crippen molar-refractivity contribution in [2.24, 2.45) is 5.10 Å². The third kappa shape index (κ3) is 4.44. The first kappa shape index (κ1) is 18.5. The number of hydrogen-bond acceptors (Lipinski definition) is 3. The summed E-state index contributed by atoms with van der Waals surface area (Å²) in [5, 5.41) is 4.02. The van der Waals surface area contributed by atoms with Crippen LogP contribution in [0.1, 0.15) is 34.2 Å². The molecule has 1 heterocycles. The number of carbonyl (C=O) groups excluding carboxylic acids is 1. The van der Waals surface area contributed by atoms with Gasteiger partial charge < -0.3 is 9.30 Å². The van der Waals surface area contributed by atoms with Crippen molar-refractivity contribution in [2.45, 2.75) is 20.8 Å². The lowest BCUT2D eigenvalue weighted by Crippen LogP contribution is -2.17. The van der Waals surface area contributed by atoms with E-state index in [0.29, 0.717) is 12.2 Å². The number of amides is 1. The number of carbonyl (C=O) groups is 1. The van der Waals surface area contributed by atoms with Crippen LogP contribution in [-0.4, -0.2) is 23.3 Å². The summed E-state index contributed by atoms with van der Waals surface area (Å²) in [4.78, 5) is 12.3. The number of nitrogens with one attached hydrogen (secondary N) is 1. The Morgan fingerprint density at radius 1 is 1.00 bits per heavy atom. The van der Waals surface area contributed by atoms with E-state index in [4.69, 9.17) is 4.74 Å². The monoisotopic (exact) mass is 361 g/mol. The Labute approximate surface area is 159 Å². The Bertz CT molecular complexity index is 919. The summed E-state index contributed by atoms with van der Waals surface area (Å²) >= 11 is 0. The van der Waals surface area contributed by atoms with E-state index in [1.54, 1.807) is 18.3 Å². The zero-order valence-electron chi connectivity index (χ0n) is 15.8. The number of aryl methyl sites for hydroxylation is 2. The molecule has 0 saturated heterocycles. The fraction of sp³-hybridized carbons (Fsp3) is 0.182. The second-order valence-electron chi connectivity index (χ2n) is 6.20. The van der Waals surface area contributed by atoms with E-state index in [-0.39, 0.29) is 5.91 Å². The van der Waals surface area contributed by atoms with Crippen LogP contribution >= 0.6 is 0 Å². The van der Waals surface area contributed by atoms with Gasteiger partial charge in [0.2, 0.25) is 0 Å². The highest BCUT2D eigenvalue weighted by atomic mass is 16.5. The van der Waals surface area contributed by atoms with E-state index in [0.717, 1.165) is 28.4 Å². The molecule has 0 spiro atoms. The Balaban J connectivity index is 1.62. The normalized spacial score (nSPS) is 10.9. The van der Waals surface area contributed by atoms with Crippen LogP contribution in [0.4, 0.5) is 0 Å². The molecule has 27 heavy (non-hydrogen) atoms. The van der Waals surface area contributed by atoms with Gasteiger partial charge in [0.15, 0.2) is 0 Å². The number of rotatable bonds is 6. The van der Waals surface area contributed by atoms with Gasteiger partial charge in [-0.15, -0.1) is 0 Å². The summed E-state index contributed by atoms with van der Waals surface area (Å²) in [6, 6.07) is 19.1. The van der Waals surface area contributed by atoms with Crippen LogP contribution in [0.5, 0.6) is 5.75 Å². The molecule has 0 aliphatic rings. The molecule has 0 aliphatic carbocycles. The number of hydrogen-bond donors (Lipinski definition) is 1. The fourth-order valence-electron chi connectivity index (χ4n) is 2.88. The topological polar surface area (TPSA) is 55.6 Å². The predicted molar refractivity (Wildman–Crippen MR) is 108 cm³/mol. The molecule has 0 saturated carbocycles. The van der Waals surface area contributed by atoms with Crippen LogP contribution in [0.3, 0.4) is 0 Å². The molecule has 1 amide bonds. The lowest BCUT2D eigenvalue weighted by Gasteiger charge is -2.10. The minimum atomic E-state index is -0.246. The number of hydrazone groups is 1. The molecule has 2 aromatic carbocycles. The van der Waals surface area contributed by atoms with E-state index >= 15 is 0 Å². The minimum absolute atomic E-state index is 0.246. The number of benzene rings is 2. The van der Waals surface area contributed by atoms with Gasteiger partial charge in [-0.2, -0.15) is 5.10 Å². The average molecular weight is 361 g/mol. The van der Waals surface area contributed by atoms with Crippen LogP contribution < -0.4 is 10.2 Å². The second-order valence-corrected chi connectivity index (χ2v) is 6.20. The molecule has 0 fully saturated rings. The zero-order chi connectivity index (χ0) is 19.2. The van der Waals surface area contributed by atoms with Gasteiger partial charge in [-0.3, -0.25) is 4.79 Å². The van der Waals surface area contributed by atoms with Crippen LogP contribution in [0, 0.1) is 13.8 Å². The first-order valence-electron chi connectivity index (χ1n) is 8.90. The lowest BCUT2D eigenvalue weighted by molar-refractivity contribution is 0.0955. The number of aromatic nitrogens is 1. The highest BCUT2D eigenvalue weighted by Gasteiger charge is 2.07. The van der Waals surface area contributed by atoms with Crippen LogP contribution in [0.25, 0.3) is 5.69 Å². The maximum Gasteiger partial charge on any atom is 0.271 e. The van der Waals surface area contributed by atoms with Gasteiger partial charge in [0, 0.05) is 22.6 Å². The zero-order valence-corrected chi connectivity index (χ0v) is 15.8. The molecule has 138 valence electrons. The maximum atomic E-state index is 12.3. The first-order chi connectivity index (χ1) is 13.1. The summed E-state index contributed by atoms with van der Waals surface area (Å²) in [6.45, 7) is 6.69. The Hall–Kier alpha value is -3.34. The van der Waals surface area contributed by atoms with Gasteiger partial charge in [0.05, 0.1) is 12.8 Å². The van der Waals surface area contributed by atoms with Crippen molar-refractivity contribution in [1.29, 1.82) is 0 Å². The molecule has 3 aromatic rings. The van der Waals surface area contributed by atoms with Crippen molar-refractivity contribution < 1.29 is 9.53 Å². The summed E-state index contributed by atoms with van der Waals surface area (Å²) < 4.78 is 7.54. The molecule has 3 rings (SSSR count). The van der Waals surface area contributed by atoms with E-state index < -0.39 is 0 Å². The highest BCUT2D eigenvalue weighted by Crippen LogP contribution is 2.17. The average Bonchev–Trinajstić information content (AvgIpc) is 3.02. The second kappa shape index (κ2) is 8.36. The van der Waals surface area contributed by atoms with Crippen molar-refractivity contribution in [3.05, 3.63) is 83.2 Å². The third-order valence-electron chi connectivity index (χ3n) is 4.23. The smallest absolute Gasteiger partial charge is 0.271 e. The minimum Gasteiger partial charge on any atom is -0.494 e. The molecule has 5 nitrogen and oxygen atoms in total. The Kier molecular flexibility index (Phi) is 5.71. The third-order valence-corrected chi connectivity index (χ3v) is 4.23. The molecular weight excluding hydrogens is 338 g/mol. The molecule has 0 atom stereocenters.